The van der Waals surface area contributed by atoms with Crippen molar-refractivity contribution in [3.63, 3.8) is 0 Å². The molecule has 0 aromatic heterocycles. The maximum atomic E-state index is 12.3. The normalized spacial score (nSPS) is 25.9. The van der Waals surface area contributed by atoms with Gasteiger partial charge >= 0.3 is 11.8 Å². The molecule has 0 aromatic carbocycles. The lowest BCUT2D eigenvalue weighted by Crippen LogP contribution is -2.52. The summed E-state index contributed by atoms with van der Waals surface area (Å²) in [6, 6.07) is 0. The number of carbonyl (C=O) groups excluding carboxylic acids is 2. The number of amides is 2. The predicted molar refractivity (Wildman–Crippen MR) is 75.7 cm³/mol. The second kappa shape index (κ2) is 6.32. The van der Waals surface area contributed by atoms with E-state index in [4.69, 9.17) is 9.47 Å². The van der Waals surface area contributed by atoms with Crippen molar-refractivity contribution in [1.29, 1.82) is 0 Å². The first-order valence-corrected chi connectivity index (χ1v) is 7.94. The van der Waals surface area contributed by atoms with E-state index in [1.807, 2.05) is 0 Å². The van der Waals surface area contributed by atoms with E-state index in [-0.39, 0.29) is 11.8 Å². The number of morpholine rings is 1. The van der Waals surface area contributed by atoms with Gasteiger partial charge in [-0.2, -0.15) is 0 Å². The molecule has 1 spiro atoms. The quantitative estimate of drug-likeness (QED) is 0.602. The molecule has 2 amide bonds. The molecule has 3 saturated heterocycles. The lowest BCUT2D eigenvalue weighted by Gasteiger charge is -2.44. The molecule has 0 saturated carbocycles. The molecule has 0 unspecified atom stereocenters. The van der Waals surface area contributed by atoms with Crippen LogP contribution in [0.5, 0.6) is 0 Å². The number of carbonyl (C=O) groups is 2. The zero-order valence-electron chi connectivity index (χ0n) is 12.5. The fraction of sp³-hybridized carbons (Fsp3) is 0.867. The van der Waals surface area contributed by atoms with Crippen LogP contribution in [-0.4, -0.2) is 74.2 Å². The second-order valence-electron chi connectivity index (χ2n) is 6.31. The van der Waals surface area contributed by atoms with Gasteiger partial charge in [0.15, 0.2) is 0 Å². The molecule has 0 aromatic rings. The zero-order valence-corrected chi connectivity index (χ0v) is 12.5. The first kappa shape index (κ1) is 14.8. The summed E-state index contributed by atoms with van der Waals surface area (Å²) < 4.78 is 10.7. The third-order valence-electron chi connectivity index (χ3n) is 5.15. The third-order valence-corrected chi connectivity index (χ3v) is 5.15. The Morgan fingerprint density at radius 2 is 1.14 bits per heavy atom. The van der Waals surface area contributed by atoms with Gasteiger partial charge < -0.3 is 19.3 Å². The van der Waals surface area contributed by atoms with Gasteiger partial charge in [-0.25, -0.2) is 0 Å². The van der Waals surface area contributed by atoms with Gasteiger partial charge in [-0.05, 0) is 31.1 Å². The first-order valence-electron chi connectivity index (χ1n) is 7.94. The van der Waals surface area contributed by atoms with Crippen LogP contribution in [0.3, 0.4) is 0 Å². The molecule has 6 heteroatoms. The fourth-order valence-electron chi connectivity index (χ4n) is 3.53. The summed E-state index contributed by atoms with van der Waals surface area (Å²) >= 11 is 0. The summed E-state index contributed by atoms with van der Waals surface area (Å²) in [4.78, 5) is 27.9. The van der Waals surface area contributed by atoms with Crippen molar-refractivity contribution in [2.45, 2.75) is 25.7 Å². The highest BCUT2D eigenvalue weighted by atomic mass is 16.5. The molecule has 0 atom stereocenters. The fourth-order valence-corrected chi connectivity index (χ4v) is 3.53. The van der Waals surface area contributed by atoms with Crippen LogP contribution < -0.4 is 0 Å². The van der Waals surface area contributed by atoms with Crippen LogP contribution in [0.2, 0.25) is 0 Å². The maximum Gasteiger partial charge on any atom is 0.312 e. The number of nitrogens with zero attached hydrogens (tertiary/aromatic N) is 2. The number of piperidine rings is 1. The highest BCUT2D eigenvalue weighted by molar-refractivity contribution is 6.34. The Labute approximate surface area is 125 Å². The molecule has 0 bridgehead atoms. The van der Waals surface area contributed by atoms with Gasteiger partial charge in [0.25, 0.3) is 0 Å². The molecule has 21 heavy (non-hydrogen) atoms. The average Bonchev–Trinajstić information content (AvgIpc) is 2.56. The SMILES string of the molecule is O=C(C(=O)N1CCC2(CCOCC2)CC1)N1CCOCC1. The monoisotopic (exact) mass is 296 g/mol. The van der Waals surface area contributed by atoms with Crippen molar-refractivity contribution in [2.75, 3.05) is 52.6 Å². The van der Waals surface area contributed by atoms with Crippen LogP contribution in [0.4, 0.5) is 0 Å². The smallest absolute Gasteiger partial charge is 0.312 e. The number of rotatable bonds is 0. The lowest BCUT2D eigenvalue weighted by molar-refractivity contribution is -0.156. The van der Waals surface area contributed by atoms with Crippen molar-refractivity contribution >= 4 is 11.8 Å². The largest absolute Gasteiger partial charge is 0.381 e. The Morgan fingerprint density at radius 1 is 0.667 bits per heavy atom. The van der Waals surface area contributed by atoms with E-state index in [2.05, 4.69) is 0 Å². The molecule has 3 heterocycles. The van der Waals surface area contributed by atoms with Gasteiger partial charge in [-0.3, -0.25) is 9.59 Å². The summed E-state index contributed by atoms with van der Waals surface area (Å²) in [6.07, 6.45) is 4.18. The van der Waals surface area contributed by atoms with Crippen molar-refractivity contribution in [1.82, 2.24) is 9.80 Å². The van der Waals surface area contributed by atoms with Crippen LogP contribution in [-0.2, 0) is 19.1 Å². The molecular formula is C15H24N2O4. The van der Waals surface area contributed by atoms with E-state index in [1.54, 1.807) is 9.80 Å². The van der Waals surface area contributed by atoms with Gasteiger partial charge in [0.05, 0.1) is 13.2 Å². The van der Waals surface area contributed by atoms with E-state index >= 15 is 0 Å². The van der Waals surface area contributed by atoms with Gasteiger partial charge in [0, 0.05) is 39.4 Å². The lowest BCUT2D eigenvalue weighted by atomic mass is 9.72. The minimum atomic E-state index is -0.360. The molecule has 0 aliphatic carbocycles. The number of ether oxygens (including phenoxy) is 2. The number of hydrogen-bond donors (Lipinski definition) is 0. The first-order chi connectivity index (χ1) is 10.2. The van der Waals surface area contributed by atoms with E-state index in [0.29, 0.717) is 44.8 Å². The molecule has 3 rings (SSSR count). The maximum absolute atomic E-state index is 12.3. The van der Waals surface area contributed by atoms with Crippen molar-refractivity contribution < 1.29 is 19.1 Å². The molecule has 6 nitrogen and oxygen atoms in total. The van der Waals surface area contributed by atoms with Gasteiger partial charge in [-0.1, -0.05) is 0 Å². The number of likely N-dealkylation sites (tertiary alicyclic amines) is 1. The van der Waals surface area contributed by atoms with E-state index < -0.39 is 0 Å². The van der Waals surface area contributed by atoms with Crippen molar-refractivity contribution in [2.24, 2.45) is 5.41 Å². The molecule has 118 valence electrons. The summed E-state index contributed by atoms with van der Waals surface area (Å²) in [5.74, 6) is -0.694. The minimum absolute atomic E-state index is 0.334. The molecule has 3 fully saturated rings. The van der Waals surface area contributed by atoms with Crippen LogP contribution >= 0.6 is 0 Å². The van der Waals surface area contributed by atoms with E-state index in [9.17, 15) is 9.59 Å². The Balaban J connectivity index is 1.53. The van der Waals surface area contributed by atoms with Gasteiger partial charge in [0.1, 0.15) is 0 Å². The Kier molecular flexibility index (Phi) is 4.45. The number of hydrogen-bond acceptors (Lipinski definition) is 4. The molecule has 3 aliphatic heterocycles. The summed E-state index contributed by atoms with van der Waals surface area (Å²) in [7, 11) is 0. The summed E-state index contributed by atoms with van der Waals surface area (Å²) in [5.41, 5.74) is 0.344. The highest BCUT2D eigenvalue weighted by Gasteiger charge is 2.39. The molecule has 0 N–H and O–H groups in total. The van der Waals surface area contributed by atoms with Crippen LogP contribution in [0.15, 0.2) is 0 Å². The second-order valence-corrected chi connectivity index (χ2v) is 6.31. The molecule has 3 aliphatic rings. The van der Waals surface area contributed by atoms with Crippen molar-refractivity contribution in [3.8, 4) is 0 Å². The molecular weight excluding hydrogens is 272 g/mol. The summed E-state index contributed by atoms with van der Waals surface area (Å²) in [6.45, 7) is 5.19. The Hall–Kier alpha value is -1.14. The van der Waals surface area contributed by atoms with Crippen LogP contribution in [0.1, 0.15) is 25.7 Å². The topological polar surface area (TPSA) is 59.1 Å². The Bertz CT molecular complexity index is 390. The Morgan fingerprint density at radius 3 is 1.71 bits per heavy atom. The minimum Gasteiger partial charge on any atom is -0.381 e. The van der Waals surface area contributed by atoms with Gasteiger partial charge in [-0.15, -0.1) is 0 Å². The van der Waals surface area contributed by atoms with E-state index in [0.717, 1.165) is 38.9 Å². The summed E-state index contributed by atoms with van der Waals surface area (Å²) in [5, 5.41) is 0. The van der Waals surface area contributed by atoms with Crippen LogP contribution in [0, 0.1) is 5.41 Å². The third kappa shape index (κ3) is 3.21. The van der Waals surface area contributed by atoms with Crippen molar-refractivity contribution in [3.05, 3.63) is 0 Å². The van der Waals surface area contributed by atoms with Crippen LogP contribution in [0.25, 0.3) is 0 Å². The average molecular weight is 296 g/mol. The highest BCUT2D eigenvalue weighted by Crippen LogP contribution is 2.40. The molecule has 0 radical (unpaired) electrons. The zero-order chi connectivity index (χ0) is 14.7. The predicted octanol–water partition coefficient (Wildman–Crippen LogP) is 0.264. The standard InChI is InChI=1S/C15H24N2O4/c18-13(14(19)17-7-11-21-12-8-17)16-5-1-15(2-6-16)3-9-20-10-4-15/h1-12H2. The van der Waals surface area contributed by atoms with E-state index in [1.165, 1.54) is 0 Å². The van der Waals surface area contributed by atoms with Gasteiger partial charge in [0.2, 0.25) is 0 Å².